The summed E-state index contributed by atoms with van der Waals surface area (Å²) < 4.78 is 91.9. The summed E-state index contributed by atoms with van der Waals surface area (Å²) in [6.45, 7) is 4.34. The molecule has 14 heteroatoms. The number of carbonyl (C=O) groups excluding carboxylic acids is 2. The molecule has 2 atom stereocenters. The fourth-order valence-electron chi connectivity index (χ4n) is 3.75. The first-order valence-electron chi connectivity index (χ1n) is 11.5. The van der Waals surface area contributed by atoms with Crippen LogP contribution in [0.15, 0.2) is 47.4 Å². The van der Waals surface area contributed by atoms with E-state index in [0.29, 0.717) is 13.8 Å². The highest BCUT2D eigenvalue weighted by molar-refractivity contribution is 7.92. The zero-order valence-electron chi connectivity index (χ0n) is 20.9. The van der Waals surface area contributed by atoms with E-state index in [4.69, 9.17) is 4.74 Å². The Morgan fingerprint density at radius 3 is 2.29 bits per heavy atom. The zero-order chi connectivity index (χ0) is 28.5. The maximum absolute atomic E-state index is 13.8. The maximum atomic E-state index is 13.8. The van der Waals surface area contributed by atoms with Gasteiger partial charge in [-0.15, -0.1) is 0 Å². The van der Waals surface area contributed by atoms with Gasteiger partial charge in [-0.2, -0.15) is 13.2 Å². The molecular formula is C24H27F4N3O6S. The molecular weight excluding hydrogens is 534 g/mol. The van der Waals surface area contributed by atoms with Crippen molar-refractivity contribution in [3.8, 4) is 5.75 Å². The molecule has 1 aliphatic rings. The van der Waals surface area contributed by atoms with Gasteiger partial charge in [0.05, 0.1) is 23.2 Å². The van der Waals surface area contributed by atoms with Crippen molar-refractivity contribution >= 4 is 33.4 Å². The highest BCUT2D eigenvalue weighted by Gasteiger charge is 2.51. The molecule has 9 nitrogen and oxygen atoms in total. The van der Waals surface area contributed by atoms with Gasteiger partial charge in [0.2, 0.25) is 11.5 Å². The van der Waals surface area contributed by atoms with Crippen LogP contribution < -0.4 is 19.7 Å². The first-order valence-corrected chi connectivity index (χ1v) is 12.9. The van der Waals surface area contributed by atoms with Crippen LogP contribution in [0.2, 0.25) is 0 Å². The Morgan fingerprint density at radius 2 is 1.74 bits per heavy atom. The van der Waals surface area contributed by atoms with Crippen molar-refractivity contribution in [1.29, 1.82) is 0 Å². The van der Waals surface area contributed by atoms with Gasteiger partial charge in [0.1, 0.15) is 17.7 Å². The number of fused-ring (bicyclic) bond motifs is 1. The molecule has 1 heterocycles. The van der Waals surface area contributed by atoms with Gasteiger partial charge in [-0.3, -0.25) is 14.4 Å². The summed E-state index contributed by atoms with van der Waals surface area (Å²) in [6.07, 6.45) is -6.83. The lowest BCUT2D eigenvalue weighted by molar-refractivity contribution is -0.242. The van der Waals surface area contributed by atoms with Gasteiger partial charge < -0.3 is 14.8 Å². The summed E-state index contributed by atoms with van der Waals surface area (Å²) in [4.78, 5) is 23.5. The van der Waals surface area contributed by atoms with Gasteiger partial charge >= 0.3 is 12.3 Å². The quantitative estimate of drug-likeness (QED) is 0.479. The third-order valence-corrected chi connectivity index (χ3v) is 7.68. The molecule has 1 aliphatic heterocycles. The number of carbonyl (C=O) groups is 2. The molecule has 0 bridgehead atoms. The first-order chi connectivity index (χ1) is 17.6. The Balaban J connectivity index is 2.04. The fourth-order valence-corrected chi connectivity index (χ4v) is 5.50. The molecule has 38 heavy (non-hydrogen) atoms. The zero-order valence-corrected chi connectivity index (χ0v) is 21.7. The van der Waals surface area contributed by atoms with Crippen LogP contribution in [0.5, 0.6) is 5.75 Å². The van der Waals surface area contributed by atoms with Crippen LogP contribution in [0.25, 0.3) is 0 Å². The van der Waals surface area contributed by atoms with E-state index in [1.165, 1.54) is 25.1 Å². The first kappa shape index (κ1) is 29.0. The highest BCUT2D eigenvalue weighted by Crippen LogP contribution is 2.42. The number of ether oxygens (including phenoxy) is 2. The van der Waals surface area contributed by atoms with Gasteiger partial charge in [0.15, 0.2) is 0 Å². The second-order valence-corrected chi connectivity index (χ2v) is 10.8. The molecule has 0 fully saturated rings. The number of hydrogen-bond donors (Lipinski definition) is 2. The van der Waals surface area contributed by atoms with Crippen LogP contribution in [0.1, 0.15) is 34.1 Å². The van der Waals surface area contributed by atoms with E-state index >= 15 is 0 Å². The number of benzene rings is 2. The number of hydrogen-bond acceptors (Lipinski definition) is 6. The number of anilines is 2. The minimum absolute atomic E-state index is 0.0202. The number of nitrogens with one attached hydrogen (secondary N) is 2. The largest absolute Gasteiger partial charge is 0.484 e. The summed E-state index contributed by atoms with van der Waals surface area (Å²) in [6, 6.07) is 7.15. The van der Waals surface area contributed by atoms with E-state index < -0.39 is 45.9 Å². The standard InChI is InChI=1S/C24H27F4N3O6S/c1-5-18-21(13-29-14(2)32)36-20-11-8-16(30-22(33)37-23(3,4)24(26,27)28)12-19(20)31(18)38(34,35)17-9-6-15(25)7-10-17/h6-12,18,21H,5,13H2,1-4H3,(H,29,32)(H,30,33). The van der Waals surface area contributed by atoms with E-state index in [1.807, 2.05) is 0 Å². The van der Waals surface area contributed by atoms with Crippen molar-refractivity contribution in [2.75, 3.05) is 16.2 Å². The molecule has 3 rings (SSSR count). The SMILES string of the molecule is CCC1C(CNC(C)=O)Oc2ccc(NC(=O)OC(C)(C)C(F)(F)F)cc2N1S(=O)(=O)c1ccc(F)cc1. The van der Waals surface area contributed by atoms with Crippen LogP contribution >= 0.6 is 0 Å². The van der Waals surface area contributed by atoms with Gasteiger partial charge in [-0.05, 0) is 62.7 Å². The Hall–Kier alpha value is -3.55. The van der Waals surface area contributed by atoms with Gasteiger partial charge in [0, 0.05) is 12.6 Å². The number of alkyl halides is 3. The molecule has 0 saturated carbocycles. The van der Waals surface area contributed by atoms with Gasteiger partial charge in [-0.1, -0.05) is 6.92 Å². The Kier molecular flexibility index (Phi) is 8.15. The van der Waals surface area contributed by atoms with Crippen molar-refractivity contribution in [2.24, 2.45) is 0 Å². The Morgan fingerprint density at radius 1 is 1.11 bits per heavy atom. The normalized spacial score (nSPS) is 17.7. The predicted molar refractivity (Wildman–Crippen MR) is 130 cm³/mol. The maximum Gasteiger partial charge on any atom is 0.427 e. The van der Waals surface area contributed by atoms with Crippen molar-refractivity contribution in [2.45, 2.75) is 62.9 Å². The summed E-state index contributed by atoms with van der Waals surface area (Å²) >= 11 is 0. The molecule has 2 aromatic carbocycles. The van der Waals surface area contributed by atoms with Crippen molar-refractivity contribution in [3.05, 3.63) is 48.3 Å². The monoisotopic (exact) mass is 561 g/mol. The molecule has 0 aromatic heterocycles. The third kappa shape index (κ3) is 6.11. The van der Waals surface area contributed by atoms with Gasteiger partial charge in [0.25, 0.3) is 10.0 Å². The average molecular weight is 562 g/mol. The van der Waals surface area contributed by atoms with E-state index in [2.05, 4.69) is 15.4 Å². The molecule has 0 spiro atoms. The summed E-state index contributed by atoms with van der Waals surface area (Å²) in [5.41, 5.74) is -2.87. The summed E-state index contributed by atoms with van der Waals surface area (Å²) in [7, 11) is -4.34. The Labute approximate surface area is 217 Å². The fraction of sp³-hybridized carbons (Fsp3) is 0.417. The Bertz CT molecular complexity index is 1300. The molecule has 208 valence electrons. The lowest BCUT2D eigenvalue weighted by atomic mass is 10.0. The van der Waals surface area contributed by atoms with Crippen molar-refractivity contribution in [3.63, 3.8) is 0 Å². The molecule has 2 unspecified atom stereocenters. The minimum Gasteiger partial charge on any atom is -0.484 e. The van der Waals surface area contributed by atoms with Gasteiger partial charge in [-0.25, -0.2) is 17.6 Å². The molecule has 2 amide bonds. The predicted octanol–water partition coefficient (Wildman–Crippen LogP) is 4.59. The molecule has 2 N–H and O–H groups in total. The van der Waals surface area contributed by atoms with Crippen molar-refractivity contribution < 1.29 is 45.0 Å². The van der Waals surface area contributed by atoms with Crippen LogP contribution in [0.4, 0.5) is 33.7 Å². The number of sulfonamides is 1. The minimum atomic E-state index is -4.83. The number of amides is 2. The lowest BCUT2D eigenvalue weighted by Crippen LogP contribution is -2.55. The second-order valence-electron chi connectivity index (χ2n) is 9.03. The smallest absolute Gasteiger partial charge is 0.427 e. The molecule has 0 aliphatic carbocycles. The number of halogens is 4. The van der Waals surface area contributed by atoms with Crippen LogP contribution in [-0.4, -0.2) is 50.9 Å². The molecule has 0 saturated heterocycles. The molecule has 2 aromatic rings. The highest BCUT2D eigenvalue weighted by atomic mass is 32.2. The second kappa shape index (κ2) is 10.7. The van der Waals surface area contributed by atoms with E-state index in [1.54, 1.807) is 6.92 Å². The average Bonchev–Trinajstić information content (AvgIpc) is 2.80. The number of rotatable bonds is 7. The van der Waals surface area contributed by atoms with Crippen LogP contribution in [0.3, 0.4) is 0 Å². The van der Waals surface area contributed by atoms with Crippen molar-refractivity contribution in [1.82, 2.24) is 5.32 Å². The van der Waals surface area contributed by atoms with E-state index in [0.717, 1.165) is 28.6 Å². The van der Waals surface area contributed by atoms with Crippen LogP contribution in [-0.2, 0) is 19.6 Å². The third-order valence-electron chi connectivity index (χ3n) is 5.82. The molecule has 0 radical (unpaired) electrons. The number of nitrogens with zero attached hydrogens (tertiary/aromatic N) is 1. The lowest BCUT2D eigenvalue weighted by Gasteiger charge is -2.42. The summed E-state index contributed by atoms with van der Waals surface area (Å²) in [5.74, 6) is -0.930. The summed E-state index contributed by atoms with van der Waals surface area (Å²) in [5, 5.41) is 4.78. The van der Waals surface area contributed by atoms with E-state index in [9.17, 15) is 35.6 Å². The topological polar surface area (TPSA) is 114 Å². The van der Waals surface area contributed by atoms with E-state index in [-0.39, 0.29) is 40.9 Å². The van der Waals surface area contributed by atoms with Crippen LogP contribution in [0, 0.1) is 5.82 Å².